The van der Waals surface area contributed by atoms with Crippen LogP contribution in [0.4, 0.5) is 5.82 Å². The quantitative estimate of drug-likeness (QED) is 0.343. The number of nitrogens with two attached hydrogens (primary N) is 1. The van der Waals surface area contributed by atoms with Crippen molar-refractivity contribution < 1.29 is 4.74 Å². The van der Waals surface area contributed by atoms with Gasteiger partial charge in [0.05, 0.1) is 0 Å². The second-order valence-electron chi connectivity index (χ2n) is 10.2. The van der Waals surface area contributed by atoms with Crippen molar-refractivity contribution in [2.45, 2.75) is 60.7 Å². The van der Waals surface area contributed by atoms with Gasteiger partial charge in [0.1, 0.15) is 0 Å². The van der Waals surface area contributed by atoms with Crippen LogP contribution in [0.5, 0.6) is 0 Å². The fourth-order valence-electron chi connectivity index (χ4n) is 3.47. The number of hydrogen-bond acceptors (Lipinski definition) is 5. The first-order valence-electron chi connectivity index (χ1n) is 10.9. The van der Waals surface area contributed by atoms with Gasteiger partial charge in [-0.3, -0.25) is 0 Å². The maximum absolute atomic E-state index is 13.5. The van der Waals surface area contributed by atoms with Crippen LogP contribution in [0.1, 0.15) is 6.92 Å². The summed E-state index contributed by atoms with van der Waals surface area (Å²) in [6.07, 6.45) is 3.52. The number of nitrogen functional groups attached to an aromatic ring is 1. The van der Waals surface area contributed by atoms with Gasteiger partial charge in [0.15, 0.2) is 0 Å². The number of fused-ring (bicyclic) bond motifs is 1. The number of anilines is 1. The normalized spacial score (nSPS) is 12.6. The molecule has 0 amide bonds. The molecule has 0 unspecified atom stereocenters. The summed E-state index contributed by atoms with van der Waals surface area (Å²) in [6, 6.07) is 5.02. The molecule has 168 valence electrons. The van der Waals surface area contributed by atoms with Crippen LogP contribution in [-0.4, -0.2) is 52.2 Å². The number of aryl methyl sites for hydroxylation is 1. The van der Waals surface area contributed by atoms with Crippen LogP contribution in [-0.2, 0) is 18.0 Å². The standard InChI is InChI=1S/C19H26N5O2Si.3CH3.Sn/c1-5-24-17(20)15(16(25)14-7-6-8-21-18(14)24)19-22-9-10-23(19)13-26-11-12-27(2,3)4;;;;/h6-7,9-10H,5,11-13,20H2,1-4H3;3*1H3;. The zero-order chi connectivity index (χ0) is 23.0. The van der Waals surface area contributed by atoms with E-state index in [9.17, 15) is 4.79 Å². The molecule has 0 atom stereocenters. The summed E-state index contributed by atoms with van der Waals surface area (Å²) < 4.78 is 10.8. The van der Waals surface area contributed by atoms with Gasteiger partial charge in [0.25, 0.3) is 0 Å². The Labute approximate surface area is 189 Å². The van der Waals surface area contributed by atoms with Crippen LogP contribution in [0, 0.1) is 0 Å². The van der Waals surface area contributed by atoms with Crippen molar-refractivity contribution in [3.8, 4) is 11.4 Å². The Kier molecular flexibility index (Phi) is 7.02. The van der Waals surface area contributed by atoms with Crippen molar-refractivity contribution in [3.05, 3.63) is 34.7 Å². The molecule has 0 saturated heterocycles. The van der Waals surface area contributed by atoms with Gasteiger partial charge in [-0.25, -0.2) is 0 Å². The van der Waals surface area contributed by atoms with E-state index in [4.69, 9.17) is 15.5 Å². The molecule has 7 nitrogen and oxygen atoms in total. The van der Waals surface area contributed by atoms with Crippen LogP contribution in [0.15, 0.2) is 29.3 Å². The van der Waals surface area contributed by atoms with E-state index in [0.717, 1.165) is 9.75 Å². The SMILES string of the molecule is CCn1c(N)c(-c2nccn2COCC[Si](C)(C)C)c(=O)c2cc[c]([Sn]([CH3])([CH3])[CH3])nc21. The summed E-state index contributed by atoms with van der Waals surface area (Å²) in [5, 5.41) is 0.583. The van der Waals surface area contributed by atoms with E-state index in [-0.39, 0.29) is 5.43 Å². The third kappa shape index (κ3) is 5.23. The molecule has 0 aliphatic carbocycles. The minimum atomic E-state index is -2.39. The van der Waals surface area contributed by atoms with Crippen molar-refractivity contribution in [2.24, 2.45) is 0 Å². The average molecular weight is 548 g/mol. The average Bonchev–Trinajstić information content (AvgIpc) is 3.12. The molecule has 0 saturated carbocycles. The van der Waals surface area contributed by atoms with Gasteiger partial charge < -0.3 is 0 Å². The van der Waals surface area contributed by atoms with E-state index in [1.165, 1.54) is 0 Å². The van der Waals surface area contributed by atoms with Crippen molar-refractivity contribution in [2.75, 3.05) is 12.3 Å². The molecular formula is C22H35N5O2SiSn. The monoisotopic (exact) mass is 549 g/mol. The fourth-order valence-corrected chi connectivity index (χ4v) is 7.15. The molecule has 0 aliphatic heterocycles. The Morgan fingerprint density at radius 3 is 2.52 bits per heavy atom. The number of imidazole rings is 1. The third-order valence-corrected chi connectivity index (χ3v) is 12.3. The molecule has 9 heteroatoms. The second-order valence-corrected chi connectivity index (χ2v) is 30.1. The Hall–Kier alpha value is -1.65. The first-order valence-corrected chi connectivity index (χ1v) is 24.6. The van der Waals surface area contributed by atoms with Crippen molar-refractivity contribution in [3.63, 3.8) is 0 Å². The van der Waals surface area contributed by atoms with Crippen LogP contribution in [0.25, 0.3) is 22.4 Å². The van der Waals surface area contributed by atoms with Gasteiger partial charge in [-0.2, -0.15) is 0 Å². The van der Waals surface area contributed by atoms with Crippen LogP contribution in [0.2, 0.25) is 40.5 Å². The van der Waals surface area contributed by atoms with Gasteiger partial charge >= 0.3 is 162 Å². The summed E-state index contributed by atoms with van der Waals surface area (Å²) in [4.78, 5) is 29.8. The van der Waals surface area contributed by atoms with Gasteiger partial charge in [-0.05, 0) is 0 Å². The summed E-state index contributed by atoms with van der Waals surface area (Å²) in [5.41, 5.74) is 7.50. The summed E-state index contributed by atoms with van der Waals surface area (Å²) >= 11 is -2.39. The van der Waals surface area contributed by atoms with Crippen LogP contribution in [0.3, 0.4) is 0 Å². The van der Waals surface area contributed by atoms with E-state index in [0.29, 0.717) is 48.1 Å². The molecule has 2 N–H and O–H groups in total. The summed E-state index contributed by atoms with van der Waals surface area (Å²) in [7, 11) is -1.16. The zero-order valence-corrected chi connectivity index (χ0v) is 23.7. The van der Waals surface area contributed by atoms with E-state index >= 15 is 0 Å². The molecule has 3 rings (SSSR count). The fraction of sp³-hybridized carbons (Fsp3) is 0.500. The van der Waals surface area contributed by atoms with E-state index < -0.39 is 26.5 Å². The molecule has 3 aromatic heterocycles. The number of nitrogens with zero attached hydrogens (tertiary/aromatic N) is 4. The van der Waals surface area contributed by atoms with E-state index in [1.807, 2.05) is 34.4 Å². The molecule has 0 aliphatic rings. The van der Waals surface area contributed by atoms with Gasteiger partial charge in [0, 0.05) is 8.07 Å². The Morgan fingerprint density at radius 1 is 1.19 bits per heavy atom. The molecule has 0 aromatic carbocycles. The Balaban J connectivity index is 2.07. The predicted molar refractivity (Wildman–Crippen MR) is 134 cm³/mol. The molecule has 0 fully saturated rings. The van der Waals surface area contributed by atoms with Gasteiger partial charge in [-0.15, -0.1) is 0 Å². The first kappa shape index (κ1) is 24.0. The number of ether oxygens (including phenoxy) is 1. The molecule has 3 heterocycles. The molecule has 0 radical (unpaired) electrons. The molecule has 31 heavy (non-hydrogen) atoms. The van der Waals surface area contributed by atoms with E-state index in [1.54, 1.807) is 6.20 Å². The topological polar surface area (TPSA) is 88.0 Å². The second kappa shape index (κ2) is 9.07. The maximum atomic E-state index is 13.5. The molecule has 0 spiro atoms. The Bertz CT molecular complexity index is 1140. The first-order chi connectivity index (χ1) is 14.4. The van der Waals surface area contributed by atoms with Crippen LogP contribution < -0.4 is 14.9 Å². The summed E-state index contributed by atoms with van der Waals surface area (Å²) in [5.74, 6) is 0.946. The number of hydrogen-bond donors (Lipinski definition) is 1. The van der Waals surface area contributed by atoms with Gasteiger partial charge in [-0.1, -0.05) is 19.6 Å². The zero-order valence-electron chi connectivity index (χ0n) is 19.8. The summed E-state index contributed by atoms with van der Waals surface area (Å²) in [6.45, 7) is 10.7. The van der Waals surface area contributed by atoms with E-state index in [2.05, 4.69) is 39.4 Å². The molecule has 0 bridgehead atoms. The predicted octanol–water partition coefficient (Wildman–Crippen LogP) is 3.72. The van der Waals surface area contributed by atoms with Crippen molar-refractivity contribution in [1.29, 1.82) is 0 Å². The van der Waals surface area contributed by atoms with Gasteiger partial charge in [0.2, 0.25) is 0 Å². The molecule has 3 aromatic rings. The Morgan fingerprint density at radius 2 is 1.90 bits per heavy atom. The third-order valence-electron chi connectivity index (χ3n) is 5.40. The minimum absolute atomic E-state index is 0.130. The molecular weight excluding hydrogens is 513 g/mol. The van der Waals surface area contributed by atoms with Crippen molar-refractivity contribution in [1.82, 2.24) is 19.1 Å². The number of rotatable bonds is 8. The van der Waals surface area contributed by atoms with Crippen LogP contribution >= 0.6 is 0 Å². The number of aromatic nitrogens is 4. The number of pyridine rings is 2. The van der Waals surface area contributed by atoms with Crippen molar-refractivity contribution >= 4 is 47.0 Å².